The Balaban J connectivity index is 1.69. The van der Waals surface area contributed by atoms with Gasteiger partial charge >= 0.3 is 0 Å². The predicted octanol–water partition coefficient (Wildman–Crippen LogP) is 3.45. The Bertz CT molecular complexity index is 378. The lowest BCUT2D eigenvalue weighted by Crippen LogP contribution is -2.38. The van der Waals surface area contributed by atoms with Crippen molar-refractivity contribution >= 4 is 11.3 Å². The minimum absolute atomic E-state index is 0.763. The van der Waals surface area contributed by atoms with Crippen LogP contribution in [-0.4, -0.2) is 35.6 Å². The van der Waals surface area contributed by atoms with Gasteiger partial charge in [-0.15, -0.1) is 11.3 Å². The van der Waals surface area contributed by atoms with Crippen molar-refractivity contribution in [3.8, 4) is 0 Å². The Kier molecular flexibility index (Phi) is 6.97. The van der Waals surface area contributed by atoms with Crippen LogP contribution in [0, 0.1) is 0 Å². The van der Waals surface area contributed by atoms with Crippen LogP contribution in [0.25, 0.3) is 0 Å². The molecule has 1 aromatic rings. The number of piperidine rings is 1. The lowest BCUT2D eigenvalue weighted by Gasteiger charge is -2.32. The summed E-state index contributed by atoms with van der Waals surface area (Å²) in [4.78, 5) is 8.58. The summed E-state index contributed by atoms with van der Waals surface area (Å²) in [5.41, 5.74) is 0. The minimum atomic E-state index is 0.763. The van der Waals surface area contributed by atoms with Crippen molar-refractivity contribution in [3.05, 3.63) is 16.1 Å². The summed E-state index contributed by atoms with van der Waals surface area (Å²) < 4.78 is 0. The van der Waals surface area contributed by atoms with E-state index in [0.29, 0.717) is 0 Å². The first-order valence-electron chi connectivity index (χ1n) is 8.18. The third-order valence-electron chi connectivity index (χ3n) is 4.16. The highest BCUT2D eigenvalue weighted by atomic mass is 32.1. The molecule has 1 fully saturated rings. The van der Waals surface area contributed by atoms with Crippen molar-refractivity contribution in [1.29, 1.82) is 0 Å². The second kappa shape index (κ2) is 8.75. The molecule has 1 aliphatic heterocycles. The van der Waals surface area contributed by atoms with E-state index in [1.54, 1.807) is 0 Å². The minimum Gasteiger partial charge on any atom is -0.312 e. The highest BCUT2D eigenvalue weighted by Crippen LogP contribution is 2.18. The summed E-state index contributed by atoms with van der Waals surface area (Å²) in [5, 5.41) is 4.79. The van der Waals surface area contributed by atoms with Gasteiger partial charge in [-0.1, -0.05) is 19.8 Å². The van der Waals surface area contributed by atoms with Crippen LogP contribution in [0.1, 0.15) is 55.8 Å². The van der Waals surface area contributed by atoms with E-state index in [1.807, 2.05) is 11.3 Å². The number of hydrogen-bond acceptors (Lipinski definition) is 4. The number of rotatable bonds is 8. The molecule has 0 spiro atoms. The number of hydrogen-bond donors (Lipinski definition) is 1. The van der Waals surface area contributed by atoms with Crippen LogP contribution in [0.5, 0.6) is 0 Å². The summed E-state index contributed by atoms with van der Waals surface area (Å²) in [6.07, 6.45) is 9.83. The number of nitrogens with one attached hydrogen (secondary N) is 1. The number of unbranched alkanes of at least 4 members (excludes halogenated alkanes) is 1. The maximum absolute atomic E-state index is 4.58. The van der Waals surface area contributed by atoms with Crippen molar-refractivity contribution in [1.82, 2.24) is 15.2 Å². The smallest absolute Gasteiger partial charge is 0.0940 e. The molecule has 2 heterocycles. The van der Waals surface area contributed by atoms with Gasteiger partial charge < -0.3 is 10.2 Å². The lowest BCUT2D eigenvalue weighted by molar-refractivity contribution is 0.163. The van der Waals surface area contributed by atoms with E-state index in [1.165, 1.54) is 55.1 Å². The van der Waals surface area contributed by atoms with Crippen LogP contribution < -0.4 is 5.32 Å². The molecule has 2 rings (SSSR count). The van der Waals surface area contributed by atoms with E-state index in [4.69, 9.17) is 0 Å². The average Bonchev–Trinajstić information content (AvgIpc) is 2.91. The molecule has 0 bridgehead atoms. The Morgan fingerprint density at radius 3 is 3.15 bits per heavy atom. The zero-order chi connectivity index (χ0) is 14.2. The van der Waals surface area contributed by atoms with Crippen LogP contribution in [-0.2, 0) is 13.0 Å². The third kappa shape index (κ3) is 5.15. The molecule has 114 valence electrons. The fourth-order valence-electron chi connectivity index (χ4n) is 2.79. The fourth-order valence-corrected chi connectivity index (χ4v) is 3.67. The number of thiazole rings is 1. The van der Waals surface area contributed by atoms with Crippen LogP contribution in [0.15, 0.2) is 6.20 Å². The van der Waals surface area contributed by atoms with Gasteiger partial charge in [-0.2, -0.15) is 0 Å². The largest absolute Gasteiger partial charge is 0.312 e. The van der Waals surface area contributed by atoms with Crippen molar-refractivity contribution in [2.45, 2.75) is 65.0 Å². The van der Waals surface area contributed by atoms with Gasteiger partial charge in [-0.05, 0) is 39.3 Å². The molecule has 0 aliphatic carbocycles. The fraction of sp³-hybridized carbons (Fsp3) is 0.812. The number of nitrogens with zero attached hydrogens (tertiary/aromatic N) is 2. The topological polar surface area (TPSA) is 28.2 Å². The van der Waals surface area contributed by atoms with Gasteiger partial charge in [-0.3, -0.25) is 0 Å². The molecule has 1 unspecified atom stereocenters. The van der Waals surface area contributed by atoms with Crippen LogP contribution in [0.3, 0.4) is 0 Å². The van der Waals surface area contributed by atoms with E-state index < -0.39 is 0 Å². The molecule has 4 heteroatoms. The van der Waals surface area contributed by atoms with Gasteiger partial charge in [-0.25, -0.2) is 4.98 Å². The summed E-state index contributed by atoms with van der Waals surface area (Å²) in [6.45, 7) is 9.15. The van der Waals surface area contributed by atoms with Crippen molar-refractivity contribution < 1.29 is 0 Å². The van der Waals surface area contributed by atoms with Gasteiger partial charge in [0.15, 0.2) is 0 Å². The van der Waals surface area contributed by atoms with Gasteiger partial charge in [0, 0.05) is 36.6 Å². The second-order valence-corrected chi connectivity index (χ2v) is 7.08. The monoisotopic (exact) mass is 295 g/mol. The standard InChI is InChI=1S/C16H29N3S/c1-3-4-9-17-12-15-13-18-16(20-15)8-11-19-10-6-5-7-14(19)2/h13-14,17H,3-12H2,1-2H3. The maximum Gasteiger partial charge on any atom is 0.0940 e. The molecule has 0 radical (unpaired) electrons. The highest BCUT2D eigenvalue weighted by Gasteiger charge is 2.17. The van der Waals surface area contributed by atoms with Gasteiger partial charge in [0.2, 0.25) is 0 Å². The van der Waals surface area contributed by atoms with Crippen LogP contribution >= 0.6 is 11.3 Å². The molecular weight excluding hydrogens is 266 g/mol. The van der Waals surface area contributed by atoms with Crippen LogP contribution in [0.2, 0.25) is 0 Å². The summed E-state index contributed by atoms with van der Waals surface area (Å²) in [6, 6.07) is 0.763. The zero-order valence-corrected chi connectivity index (χ0v) is 13.8. The first-order valence-corrected chi connectivity index (χ1v) is 8.99. The molecule has 1 saturated heterocycles. The Hall–Kier alpha value is -0.450. The van der Waals surface area contributed by atoms with E-state index in [-0.39, 0.29) is 0 Å². The SMILES string of the molecule is CCCCNCc1cnc(CCN2CCCCC2C)s1. The maximum atomic E-state index is 4.58. The summed E-state index contributed by atoms with van der Waals surface area (Å²) in [7, 11) is 0. The lowest BCUT2D eigenvalue weighted by atomic mass is 10.0. The normalized spacial score (nSPS) is 20.4. The van der Waals surface area contributed by atoms with E-state index in [0.717, 1.165) is 25.6 Å². The highest BCUT2D eigenvalue weighted by molar-refractivity contribution is 7.11. The van der Waals surface area contributed by atoms with Gasteiger partial charge in [0.25, 0.3) is 0 Å². The van der Waals surface area contributed by atoms with Gasteiger partial charge in [0.1, 0.15) is 0 Å². The average molecular weight is 295 g/mol. The molecule has 0 aromatic carbocycles. The molecule has 3 nitrogen and oxygen atoms in total. The molecule has 0 saturated carbocycles. The van der Waals surface area contributed by atoms with Crippen molar-refractivity contribution in [2.24, 2.45) is 0 Å². The Labute approximate surface area is 127 Å². The summed E-state index contributed by atoms with van der Waals surface area (Å²) in [5.74, 6) is 0. The molecular formula is C16H29N3S. The van der Waals surface area contributed by atoms with E-state index >= 15 is 0 Å². The zero-order valence-electron chi connectivity index (χ0n) is 13.0. The Morgan fingerprint density at radius 2 is 2.35 bits per heavy atom. The first-order chi connectivity index (χ1) is 9.79. The predicted molar refractivity (Wildman–Crippen MR) is 87.3 cm³/mol. The molecule has 1 N–H and O–H groups in total. The first kappa shape index (κ1) is 15.9. The third-order valence-corrected chi connectivity index (χ3v) is 5.22. The van der Waals surface area contributed by atoms with E-state index in [2.05, 4.69) is 35.2 Å². The quantitative estimate of drug-likeness (QED) is 0.745. The van der Waals surface area contributed by atoms with Crippen molar-refractivity contribution in [2.75, 3.05) is 19.6 Å². The van der Waals surface area contributed by atoms with Crippen molar-refractivity contribution in [3.63, 3.8) is 0 Å². The van der Waals surface area contributed by atoms with E-state index in [9.17, 15) is 0 Å². The Morgan fingerprint density at radius 1 is 1.45 bits per heavy atom. The second-order valence-electron chi connectivity index (χ2n) is 5.88. The summed E-state index contributed by atoms with van der Waals surface area (Å²) >= 11 is 1.88. The molecule has 20 heavy (non-hydrogen) atoms. The molecule has 1 aromatic heterocycles. The number of aromatic nitrogens is 1. The number of likely N-dealkylation sites (tertiary alicyclic amines) is 1. The molecule has 1 aliphatic rings. The molecule has 0 amide bonds. The van der Waals surface area contributed by atoms with Gasteiger partial charge in [0.05, 0.1) is 5.01 Å². The molecule has 1 atom stereocenters. The van der Waals surface area contributed by atoms with Crippen LogP contribution in [0.4, 0.5) is 0 Å².